The SMILES string of the molecule is CCNc1nc(CC)nc(NC2(C)CCS(=O)(=O)C2)c1C. The maximum Gasteiger partial charge on any atom is 0.152 e. The highest BCUT2D eigenvalue weighted by Gasteiger charge is 2.39. The minimum atomic E-state index is -2.94. The van der Waals surface area contributed by atoms with Gasteiger partial charge in [-0.15, -0.1) is 0 Å². The third kappa shape index (κ3) is 3.64. The van der Waals surface area contributed by atoms with Gasteiger partial charge in [0.1, 0.15) is 17.5 Å². The molecule has 1 saturated heterocycles. The third-order valence-corrected chi connectivity index (χ3v) is 5.68. The van der Waals surface area contributed by atoms with Crippen molar-refractivity contribution in [2.24, 2.45) is 0 Å². The molecular weight excluding hydrogens is 288 g/mol. The van der Waals surface area contributed by atoms with Crippen molar-refractivity contribution < 1.29 is 8.42 Å². The predicted molar refractivity (Wildman–Crippen MR) is 85.6 cm³/mol. The van der Waals surface area contributed by atoms with Gasteiger partial charge in [0.25, 0.3) is 0 Å². The van der Waals surface area contributed by atoms with Crippen LogP contribution in [0.25, 0.3) is 0 Å². The van der Waals surface area contributed by atoms with E-state index >= 15 is 0 Å². The highest BCUT2D eigenvalue weighted by molar-refractivity contribution is 7.91. The molecule has 1 aliphatic heterocycles. The predicted octanol–water partition coefficient (Wildman–Crippen LogP) is 1.77. The average Bonchev–Trinajstić information content (AvgIpc) is 2.68. The number of anilines is 2. The summed E-state index contributed by atoms with van der Waals surface area (Å²) in [7, 11) is -2.94. The van der Waals surface area contributed by atoms with Crippen LogP contribution in [0, 0.1) is 6.92 Å². The first-order valence-corrected chi connectivity index (χ1v) is 9.20. The molecule has 2 N–H and O–H groups in total. The summed E-state index contributed by atoms with van der Waals surface area (Å²) in [5.74, 6) is 2.69. The quantitative estimate of drug-likeness (QED) is 0.862. The van der Waals surface area contributed by atoms with Crippen LogP contribution in [-0.4, -0.2) is 42.0 Å². The topological polar surface area (TPSA) is 84.0 Å². The summed E-state index contributed by atoms with van der Waals surface area (Å²) in [6.07, 6.45) is 1.35. The number of hydrogen-bond acceptors (Lipinski definition) is 6. The maximum absolute atomic E-state index is 11.7. The van der Waals surface area contributed by atoms with Crippen molar-refractivity contribution in [2.75, 3.05) is 28.7 Å². The molecule has 2 heterocycles. The van der Waals surface area contributed by atoms with Crippen LogP contribution in [0.4, 0.5) is 11.6 Å². The molecular formula is C14H24N4O2S. The fraction of sp³-hybridized carbons (Fsp3) is 0.714. The second-order valence-electron chi connectivity index (χ2n) is 5.87. The number of nitrogens with one attached hydrogen (secondary N) is 2. The highest BCUT2D eigenvalue weighted by atomic mass is 32.2. The van der Waals surface area contributed by atoms with Crippen molar-refractivity contribution in [2.45, 2.75) is 46.1 Å². The Kier molecular flexibility index (Phi) is 4.41. The smallest absolute Gasteiger partial charge is 0.152 e. The van der Waals surface area contributed by atoms with Gasteiger partial charge in [-0.1, -0.05) is 6.92 Å². The summed E-state index contributed by atoms with van der Waals surface area (Å²) in [4.78, 5) is 9.02. The van der Waals surface area contributed by atoms with E-state index in [1.165, 1.54) is 0 Å². The standard InChI is InChI=1S/C14H24N4O2S/c1-5-11-16-12(15-6-2)10(3)13(17-11)18-14(4)7-8-21(19,20)9-14/h5-9H2,1-4H3,(H2,15,16,17,18). The Morgan fingerprint density at radius 2 is 1.90 bits per heavy atom. The number of aryl methyl sites for hydroxylation is 1. The van der Waals surface area contributed by atoms with Crippen LogP contribution in [0.1, 0.15) is 38.6 Å². The second kappa shape index (κ2) is 5.79. The molecule has 2 rings (SSSR count). The van der Waals surface area contributed by atoms with Gasteiger partial charge in [-0.3, -0.25) is 0 Å². The van der Waals surface area contributed by atoms with Crippen molar-refractivity contribution in [3.63, 3.8) is 0 Å². The van der Waals surface area contributed by atoms with E-state index in [2.05, 4.69) is 20.6 Å². The molecule has 1 atom stereocenters. The highest BCUT2D eigenvalue weighted by Crippen LogP contribution is 2.29. The Morgan fingerprint density at radius 1 is 1.24 bits per heavy atom. The van der Waals surface area contributed by atoms with Gasteiger partial charge in [-0.05, 0) is 27.2 Å². The third-order valence-electron chi connectivity index (χ3n) is 3.78. The summed E-state index contributed by atoms with van der Waals surface area (Å²) in [5, 5.41) is 6.58. The van der Waals surface area contributed by atoms with E-state index in [9.17, 15) is 8.42 Å². The molecule has 0 aromatic carbocycles. The molecule has 0 bridgehead atoms. The molecule has 1 aromatic rings. The van der Waals surface area contributed by atoms with E-state index in [1.54, 1.807) is 0 Å². The molecule has 6 nitrogen and oxygen atoms in total. The lowest BCUT2D eigenvalue weighted by atomic mass is 10.0. The van der Waals surface area contributed by atoms with Gasteiger partial charge >= 0.3 is 0 Å². The first-order chi connectivity index (χ1) is 9.78. The van der Waals surface area contributed by atoms with E-state index in [0.717, 1.165) is 36.0 Å². The number of sulfone groups is 1. The normalized spacial score (nSPS) is 24.0. The van der Waals surface area contributed by atoms with Crippen LogP contribution >= 0.6 is 0 Å². The summed E-state index contributed by atoms with van der Waals surface area (Å²) < 4.78 is 23.5. The Labute approximate surface area is 126 Å². The average molecular weight is 312 g/mol. The molecule has 0 aliphatic carbocycles. The van der Waals surface area contributed by atoms with Crippen LogP contribution in [0.2, 0.25) is 0 Å². The zero-order valence-electron chi connectivity index (χ0n) is 13.2. The molecule has 7 heteroatoms. The van der Waals surface area contributed by atoms with Gasteiger partial charge in [0.15, 0.2) is 9.84 Å². The van der Waals surface area contributed by atoms with Gasteiger partial charge in [-0.25, -0.2) is 18.4 Å². The van der Waals surface area contributed by atoms with E-state index in [1.807, 2.05) is 27.7 Å². The summed E-state index contributed by atoms with van der Waals surface area (Å²) in [5.41, 5.74) is 0.478. The summed E-state index contributed by atoms with van der Waals surface area (Å²) in [6.45, 7) is 8.70. The maximum atomic E-state index is 11.7. The lowest BCUT2D eigenvalue weighted by Gasteiger charge is -2.26. The second-order valence-corrected chi connectivity index (χ2v) is 8.06. The van der Waals surface area contributed by atoms with Crippen LogP contribution in [0.5, 0.6) is 0 Å². The molecule has 118 valence electrons. The molecule has 0 spiro atoms. The minimum absolute atomic E-state index is 0.154. The molecule has 1 unspecified atom stereocenters. The fourth-order valence-corrected chi connectivity index (χ4v) is 4.67. The van der Waals surface area contributed by atoms with E-state index < -0.39 is 15.4 Å². The first-order valence-electron chi connectivity index (χ1n) is 7.38. The van der Waals surface area contributed by atoms with Gasteiger partial charge in [0.05, 0.1) is 17.0 Å². The van der Waals surface area contributed by atoms with Gasteiger partial charge in [-0.2, -0.15) is 0 Å². The van der Waals surface area contributed by atoms with Crippen molar-refractivity contribution in [3.05, 3.63) is 11.4 Å². The van der Waals surface area contributed by atoms with E-state index in [0.29, 0.717) is 6.42 Å². The van der Waals surface area contributed by atoms with E-state index in [4.69, 9.17) is 0 Å². The van der Waals surface area contributed by atoms with Crippen molar-refractivity contribution in [3.8, 4) is 0 Å². The molecule has 1 aliphatic rings. The fourth-order valence-electron chi connectivity index (χ4n) is 2.58. The largest absolute Gasteiger partial charge is 0.370 e. The summed E-state index contributed by atoms with van der Waals surface area (Å²) >= 11 is 0. The molecule has 0 saturated carbocycles. The Morgan fingerprint density at radius 3 is 2.43 bits per heavy atom. The number of nitrogens with zero attached hydrogens (tertiary/aromatic N) is 2. The van der Waals surface area contributed by atoms with Gasteiger partial charge in [0, 0.05) is 18.5 Å². The zero-order valence-corrected chi connectivity index (χ0v) is 14.0. The van der Waals surface area contributed by atoms with E-state index in [-0.39, 0.29) is 11.5 Å². The Hall–Kier alpha value is -1.37. The van der Waals surface area contributed by atoms with Gasteiger partial charge < -0.3 is 10.6 Å². The van der Waals surface area contributed by atoms with Crippen molar-refractivity contribution in [1.29, 1.82) is 0 Å². The van der Waals surface area contributed by atoms with Gasteiger partial charge in [0.2, 0.25) is 0 Å². The van der Waals surface area contributed by atoms with Crippen LogP contribution in [-0.2, 0) is 16.3 Å². The van der Waals surface area contributed by atoms with Crippen molar-refractivity contribution >= 4 is 21.5 Å². The summed E-state index contributed by atoms with van der Waals surface area (Å²) in [6, 6.07) is 0. The Bertz CT molecular complexity index is 630. The Balaban J connectivity index is 2.33. The lowest BCUT2D eigenvalue weighted by Crippen LogP contribution is -2.36. The van der Waals surface area contributed by atoms with Crippen LogP contribution < -0.4 is 10.6 Å². The van der Waals surface area contributed by atoms with Crippen LogP contribution in [0.3, 0.4) is 0 Å². The molecule has 21 heavy (non-hydrogen) atoms. The zero-order chi connectivity index (χ0) is 15.7. The molecule has 1 fully saturated rings. The lowest BCUT2D eigenvalue weighted by molar-refractivity contribution is 0.570. The molecule has 0 amide bonds. The number of rotatable bonds is 5. The van der Waals surface area contributed by atoms with Crippen LogP contribution in [0.15, 0.2) is 0 Å². The molecule has 0 radical (unpaired) electrons. The van der Waals surface area contributed by atoms with Crippen molar-refractivity contribution in [1.82, 2.24) is 9.97 Å². The minimum Gasteiger partial charge on any atom is -0.370 e. The monoisotopic (exact) mass is 312 g/mol. The number of hydrogen-bond donors (Lipinski definition) is 2. The molecule has 1 aromatic heterocycles. The number of aromatic nitrogens is 2. The first kappa shape index (κ1) is 16.0.